The van der Waals surface area contributed by atoms with Crippen molar-refractivity contribution in [2.24, 2.45) is 0 Å². The van der Waals surface area contributed by atoms with Gasteiger partial charge in [-0.25, -0.2) is 4.79 Å². The Hall–Kier alpha value is -0.350. The van der Waals surface area contributed by atoms with Gasteiger partial charge in [0.25, 0.3) is 0 Å². The zero-order chi connectivity index (χ0) is 10.7. The van der Waals surface area contributed by atoms with E-state index in [0.717, 1.165) is 7.11 Å². The summed E-state index contributed by atoms with van der Waals surface area (Å²) in [6.45, 7) is 0. The van der Waals surface area contributed by atoms with Crippen LogP contribution < -0.4 is 0 Å². The number of aliphatic hydroxyl groups is 1. The van der Waals surface area contributed by atoms with Gasteiger partial charge in [0.05, 0.1) is 38.5 Å². The Morgan fingerprint density at radius 1 is 1.38 bits per heavy atom. The third-order valence-corrected chi connectivity index (χ3v) is 1.11. The molecule has 4 nitrogen and oxygen atoms in total. The predicted octanol–water partition coefficient (Wildman–Crippen LogP) is -2.08. The molecule has 8 radical (unpaired) electrons. The maximum absolute atomic E-state index is 10.9. The lowest BCUT2D eigenvalue weighted by molar-refractivity contribution is -0.256. The molecule has 0 aliphatic heterocycles. The van der Waals surface area contributed by atoms with Gasteiger partial charge in [-0.05, 0) is 17.0 Å². The van der Waals surface area contributed by atoms with Crippen LogP contribution >= 0.6 is 0 Å². The number of carbonyl (C=O) groups is 1. The third-order valence-electron chi connectivity index (χ3n) is 1.11. The van der Waals surface area contributed by atoms with E-state index >= 15 is 0 Å². The molecule has 1 N–H and O–H groups in total. The first kappa shape index (κ1) is 12.6. The monoisotopic (exact) mass is 174 g/mol. The topological polar surface area (TPSA) is 55.8 Å². The van der Waals surface area contributed by atoms with Crippen LogP contribution in [0.2, 0.25) is 5.21 Å². The molecule has 62 valence electrons. The Balaban J connectivity index is 4.30. The molecule has 0 spiro atoms. The van der Waals surface area contributed by atoms with Crippen LogP contribution in [0.1, 0.15) is 6.42 Å². The van der Waals surface area contributed by atoms with Crippen LogP contribution in [0.25, 0.3) is 0 Å². The fourth-order valence-electron chi connectivity index (χ4n) is 0.694. The molecule has 0 aliphatic carbocycles. The Kier molecular flexibility index (Phi) is 4.13. The van der Waals surface area contributed by atoms with E-state index in [2.05, 4.69) is 9.78 Å². The summed E-state index contributed by atoms with van der Waals surface area (Å²) in [7, 11) is 21.5. The summed E-state index contributed by atoms with van der Waals surface area (Å²) in [5, 5.41) is 4.78. The summed E-state index contributed by atoms with van der Waals surface area (Å²) >= 11 is 0. The minimum absolute atomic E-state index is 0.567. The van der Waals surface area contributed by atoms with E-state index in [0.29, 0.717) is 0 Å². The number of hydrogen-bond acceptors (Lipinski definition) is 4. The number of hydrogen-bond donors (Lipinski definition) is 1. The third kappa shape index (κ3) is 5.05. The van der Waals surface area contributed by atoms with Crippen molar-refractivity contribution in [3.8, 4) is 0 Å². The largest absolute Gasteiger partial charge is 0.409 e. The molecule has 0 fully saturated rings. The number of carbonyl (C=O) groups excluding carboxylic acids is 1. The minimum Gasteiger partial charge on any atom is -0.409 e. The molecule has 0 amide bonds. The minimum atomic E-state index is -2.14. The van der Waals surface area contributed by atoms with E-state index in [1.54, 1.807) is 0 Å². The van der Waals surface area contributed by atoms with E-state index in [-0.39, 0.29) is 0 Å². The summed E-state index contributed by atoms with van der Waals surface area (Å²) in [4.78, 5) is 19.0. The highest BCUT2D eigenvalue weighted by molar-refractivity contribution is 6.51. The molecular weight excluding hydrogens is 167 g/mol. The zero-order valence-corrected chi connectivity index (χ0v) is 7.19. The van der Waals surface area contributed by atoms with Crippen LogP contribution in [0.4, 0.5) is 0 Å². The number of rotatable bonds is 4. The average molecular weight is 173 g/mol. The molecule has 0 rings (SSSR count). The highest BCUT2D eigenvalue weighted by atomic mass is 17.2. The first-order valence-corrected chi connectivity index (χ1v) is 3.32. The lowest BCUT2D eigenvalue weighted by Gasteiger charge is -2.30. The van der Waals surface area contributed by atoms with Crippen molar-refractivity contribution in [3.63, 3.8) is 0 Å². The van der Waals surface area contributed by atoms with Gasteiger partial charge in [-0.15, -0.1) is 0 Å². The molecule has 0 bridgehead atoms. The fraction of sp³-hybridized carbons (Fsp3) is 0.800. The smallest absolute Gasteiger partial charge is 0.331 e. The zero-order valence-electron chi connectivity index (χ0n) is 7.19. The van der Waals surface area contributed by atoms with E-state index in [4.69, 9.17) is 36.5 Å². The van der Waals surface area contributed by atoms with Crippen molar-refractivity contribution in [2.45, 2.75) is 17.0 Å². The molecule has 0 aromatic rings. The van der Waals surface area contributed by atoms with Crippen molar-refractivity contribution >= 4 is 37.4 Å². The van der Waals surface area contributed by atoms with E-state index < -0.39 is 23.0 Å². The predicted molar refractivity (Wildman–Crippen MR) is 48.4 cm³/mol. The van der Waals surface area contributed by atoms with Gasteiger partial charge in [0.2, 0.25) is 0 Å². The molecule has 8 heteroatoms. The van der Waals surface area contributed by atoms with Crippen molar-refractivity contribution < 1.29 is 19.7 Å². The normalized spacial score (nSPS) is 12.5. The van der Waals surface area contributed by atoms with Gasteiger partial charge in [-0.3, -0.25) is 4.89 Å². The SMILES string of the molecule is [B]C([B])(O)CC([B])([B])C(=O)OOC. The van der Waals surface area contributed by atoms with Gasteiger partial charge >= 0.3 is 5.97 Å². The van der Waals surface area contributed by atoms with E-state index in [9.17, 15) is 4.79 Å². The molecule has 13 heavy (non-hydrogen) atoms. The van der Waals surface area contributed by atoms with E-state index in [1.165, 1.54) is 0 Å². The molecule has 0 aliphatic rings. The first-order chi connectivity index (χ1) is 5.69. The van der Waals surface area contributed by atoms with Crippen LogP contribution in [-0.4, -0.2) is 55.0 Å². The van der Waals surface area contributed by atoms with Crippen LogP contribution in [-0.2, 0) is 14.6 Å². The van der Waals surface area contributed by atoms with Crippen LogP contribution in [0, 0.1) is 0 Å². The summed E-state index contributed by atoms with van der Waals surface area (Å²) in [5.41, 5.74) is 0. The lowest BCUT2D eigenvalue weighted by atomic mass is 9.45. The maximum Gasteiger partial charge on any atom is 0.331 e. The van der Waals surface area contributed by atoms with Crippen molar-refractivity contribution in [1.82, 2.24) is 0 Å². The van der Waals surface area contributed by atoms with Gasteiger partial charge in [0.15, 0.2) is 0 Å². The Labute approximate surface area is 81.9 Å². The van der Waals surface area contributed by atoms with Gasteiger partial charge in [-0.1, -0.05) is 0 Å². The van der Waals surface area contributed by atoms with Crippen LogP contribution in [0.3, 0.4) is 0 Å². The van der Waals surface area contributed by atoms with Gasteiger partial charge in [0.1, 0.15) is 0 Å². The Morgan fingerprint density at radius 3 is 2.15 bits per heavy atom. The van der Waals surface area contributed by atoms with Crippen LogP contribution in [0.5, 0.6) is 0 Å². The van der Waals surface area contributed by atoms with Gasteiger partial charge < -0.3 is 5.11 Å². The van der Waals surface area contributed by atoms with E-state index in [1.807, 2.05) is 0 Å². The van der Waals surface area contributed by atoms with Crippen molar-refractivity contribution in [3.05, 3.63) is 0 Å². The van der Waals surface area contributed by atoms with Gasteiger partial charge in [0, 0.05) is 0 Å². The maximum atomic E-state index is 10.9. The molecule has 0 heterocycles. The first-order valence-electron chi connectivity index (χ1n) is 3.32. The summed E-state index contributed by atoms with van der Waals surface area (Å²) < 4.78 is 0. The molecule has 0 atom stereocenters. The lowest BCUT2D eigenvalue weighted by Crippen LogP contribution is -2.39. The molecule has 0 unspecified atom stereocenters. The molecule has 0 saturated carbocycles. The summed E-state index contributed by atoms with van der Waals surface area (Å²) in [6, 6.07) is 0. The second-order valence-electron chi connectivity index (χ2n) is 2.75. The highest BCUT2D eigenvalue weighted by Gasteiger charge is 2.33. The molecule has 0 aromatic carbocycles. The fourth-order valence-corrected chi connectivity index (χ4v) is 0.694. The van der Waals surface area contributed by atoms with Gasteiger partial charge in [-0.2, -0.15) is 4.89 Å². The van der Waals surface area contributed by atoms with Crippen molar-refractivity contribution in [2.75, 3.05) is 7.11 Å². The van der Waals surface area contributed by atoms with Crippen LogP contribution in [0.15, 0.2) is 0 Å². The standard InChI is InChI=1S/C5H6B4O4/c1-12-13-3(10)4(6,7)2-5(8,9)11/h11H,2H2,1H3. The quantitative estimate of drug-likeness (QED) is 0.301. The molecular formula is C5H6B4O4. The average Bonchev–Trinajstić information content (AvgIpc) is 1.82. The Bertz CT molecular complexity index is 187. The molecule has 0 aromatic heterocycles. The highest BCUT2D eigenvalue weighted by Crippen LogP contribution is 2.27. The summed E-state index contributed by atoms with van der Waals surface area (Å²) in [5.74, 6) is -1.08. The summed E-state index contributed by atoms with van der Waals surface area (Å²) in [6.07, 6.45) is -0.567. The molecule has 0 saturated heterocycles. The second kappa shape index (κ2) is 4.24. The second-order valence-corrected chi connectivity index (χ2v) is 2.75. The van der Waals surface area contributed by atoms with Crippen molar-refractivity contribution in [1.29, 1.82) is 0 Å². The Morgan fingerprint density at radius 2 is 1.85 bits per heavy atom.